The summed E-state index contributed by atoms with van der Waals surface area (Å²) >= 11 is 0. The highest BCUT2D eigenvalue weighted by atomic mass is 16.2. The number of rotatable bonds is 7. The van der Waals surface area contributed by atoms with E-state index in [-0.39, 0.29) is 17.6 Å². The Morgan fingerprint density at radius 3 is 2.69 bits per heavy atom. The van der Waals surface area contributed by atoms with Gasteiger partial charge in [-0.3, -0.25) is 14.6 Å². The molecular formula is C23H30N4O2. The lowest BCUT2D eigenvalue weighted by Gasteiger charge is -2.32. The molecule has 2 aromatic heterocycles. The van der Waals surface area contributed by atoms with Crippen LogP contribution in [0.15, 0.2) is 42.7 Å². The number of piperidine rings is 1. The Balaban J connectivity index is 1.61. The summed E-state index contributed by atoms with van der Waals surface area (Å²) in [5, 5.41) is 0. The minimum absolute atomic E-state index is 0.0353. The van der Waals surface area contributed by atoms with E-state index in [1.807, 2.05) is 42.3 Å². The normalized spacial score (nSPS) is 16.7. The standard InChI is InChI=1S/C23H30N4O2/c1-17(2)13-21(28)19-7-6-12-27(15-19)23(29)18-9-10-22(25-14-18)26(3)16-20-8-4-5-11-24-20/h4-5,8-11,14,17,19H,6-7,12-13,15-16H2,1-3H3/t19-/m1/s1. The third kappa shape index (κ3) is 5.62. The van der Waals surface area contributed by atoms with Crippen LogP contribution in [0.4, 0.5) is 5.82 Å². The lowest BCUT2D eigenvalue weighted by atomic mass is 9.89. The third-order valence-electron chi connectivity index (χ3n) is 5.28. The molecule has 0 N–H and O–H groups in total. The molecule has 0 radical (unpaired) electrons. The van der Waals surface area contributed by atoms with Gasteiger partial charge in [-0.05, 0) is 43.0 Å². The van der Waals surface area contributed by atoms with Gasteiger partial charge in [-0.15, -0.1) is 0 Å². The number of anilines is 1. The second-order valence-electron chi connectivity index (χ2n) is 8.24. The predicted octanol–water partition coefficient (Wildman–Crippen LogP) is 3.58. The van der Waals surface area contributed by atoms with Crippen LogP contribution in [0, 0.1) is 11.8 Å². The van der Waals surface area contributed by atoms with Crippen LogP contribution >= 0.6 is 0 Å². The van der Waals surface area contributed by atoms with Gasteiger partial charge in [0.15, 0.2) is 0 Å². The van der Waals surface area contributed by atoms with Gasteiger partial charge in [0.25, 0.3) is 5.91 Å². The van der Waals surface area contributed by atoms with Crippen LogP contribution in [0.1, 0.15) is 49.2 Å². The van der Waals surface area contributed by atoms with Gasteiger partial charge in [-0.2, -0.15) is 0 Å². The summed E-state index contributed by atoms with van der Waals surface area (Å²) in [7, 11) is 1.95. The maximum atomic E-state index is 12.9. The number of Topliss-reactive ketones (excluding diaryl/α,β-unsaturated/α-hetero) is 1. The van der Waals surface area contributed by atoms with Crippen molar-refractivity contribution in [3.05, 3.63) is 54.0 Å². The molecule has 154 valence electrons. The number of nitrogens with zero attached hydrogens (tertiary/aromatic N) is 4. The molecule has 6 heteroatoms. The van der Waals surface area contributed by atoms with E-state index < -0.39 is 0 Å². The molecular weight excluding hydrogens is 364 g/mol. The molecule has 1 fully saturated rings. The third-order valence-corrected chi connectivity index (χ3v) is 5.28. The van der Waals surface area contributed by atoms with Gasteiger partial charge in [-0.1, -0.05) is 19.9 Å². The van der Waals surface area contributed by atoms with E-state index in [0.29, 0.717) is 37.5 Å². The number of carbonyl (C=O) groups excluding carboxylic acids is 2. The van der Waals surface area contributed by atoms with Crippen molar-refractivity contribution in [1.29, 1.82) is 0 Å². The van der Waals surface area contributed by atoms with Gasteiger partial charge in [0, 0.05) is 44.9 Å². The van der Waals surface area contributed by atoms with Gasteiger partial charge >= 0.3 is 0 Å². The molecule has 0 saturated carbocycles. The van der Waals surface area contributed by atoms with Crippen LogP contribution in [-0.2, 0) is 11.3 Å². The Hall–Kier alpha value is -2.76. The van der Waals surface area contributed by atoms with E-state index in [4.69, 9.17) is 0 Å². The fraction of sp³-hybridized carbons (Fsp3) is 0.478. The van der Waals surface area contributed by atoms with Gasteiger partial charge in [0.1, 0.15) is 11.6 Å². The number of aromatic nitrogens is 2. The van der Waals surface area contributed by atoms with Crippen molar-refractivity contribution < 1.29 is 9.59 Å². The molecule has 0 aliphatic carbocycles. The van der Waals surface area contributed by atoms with Crippen molar-refractivity contribution in [2.45, 2.75) is 39.7 Å². The molecule has 1 atom stereocenters. The number of pyridine rings is 2. The average molecular weight is 395 g/mol. The van der Waals surface area contributed by atoms with E-state index in [1.165, 1.54) is 0 Å². The van der Waals surface area contributed by atoms with Crippen molar-refractivity contribution in [3.8, 4) is 0 Å². The maximum absolute atomic E-state index is 12.9. The van der Waals surface area contributed by atoms with Crippen LogP contribution in [0.2, 0.25) is 0 Å². The highest BCUT2D eigenvalue weighted by Crippen LogP contribution is 2.22. The molecule has 3 rings (SSSR count). The minimum Gasteiger partial charge on any atom is -0.354 e. The summed E-state index contributed by atoms with van der Waals surface area (Å²) in [6.45, 7) is 5.98. The van der Waals surface area contributed by atoms with Gasteiger partial charge in [-0.25, -0.2) is 4.98 Å². The quantitative estimate of drug-likeness (QED) is 0.718. The lowest BCUT2D eigenvalue weighted by Crippen LogP contribution is -2.42. The van der Waals surface area contributed by atoms with Crippen LogP contribution < -0.4 is 4.90 Å². The first-order valence-electron chi connectivity index (χ1n) is 10.3. The summed E-state index contributed by atoms with van der Waals surface area (Å²) < 4.78 is 0. The van der Waals surface area contributed by atoms with E-state index in [1.54, 1.807) is 17.3 Å². The van der Waals surface area contributed by atoms with E-state index in [9.17, 15) is 9.59 Å². The molecule has 0 aromatic carbocycles. The number of hydrogen-bond acceptors (Lipinski definition) is 5. The molecule has 2 aromatic rings. The smallest absolute Gasteiger partial charge is 0.255 e. The monoisotopic (exact) mass is 394 g/mol. The van der Waals surface area contributed by atoms with Crippen LogP contribution in [-0.4, -0.2) is 46.7 Å². The Labute approximate surface area is 173 Å². The highest BCUT2D eigenvalue weighted by molar-refractivity contribution is 5.94. The topological polar surface area (TPSA) is 66.4 Å². The number of amides is 1. The number of hydrogen-bond donors (Lipinski definition) is 0. The molecule has 1 amide bonds. The molecule has 0 spiro atoms. The van der Waals surface area contributed by atoms with E-state index in [0.717, 1.165) is 24.4 Å². The van der Waals surface area contributed by atoms with Gasteiger partial charge < -0.3 is 9.80 Å². The number of carbonyl (C=O) groups is 2. The summed E-state index contributed by atoms with van der Waals surface area (Å²) in [5.41, 5.74) is 1.53. The number of ketones is 1. The zero-order valence-corrected chi connectivity index (χ0v) is 17.5. The van der Waals surface area contributed by atoms with Crippen molar-refractivity contribution in [2.24, 2.45) is 11.8 Å². The van der Waals surface area contributed by atoms with Crippen molar-refractivity contribution in [2.75, 3.05) is 25.0 Å². The zero-order chi connectivity index (χ0) is 20.8. The van der Waals surface area contributed by atoms with Crippen LogP contribution in [0.5, 0.6) is 0 Å². The Morgan fingerprint density at radius 2 is 2.03 bits per heavy atom. The average Bonchev–Trinajstić information content (AvgIpc) is 2.73. The molecule has 29 heavy (non-hydrogen) atoms. The fourth-order valence-electron chi connectivity index (χ4n) is 3.73. The predicted molar refractivity (Wildman–Crippen MR) is 114 cm³/mol. The second kappa shape index (κ2) is 9.63. The summed E-state index contributed by atoms with van der Waals surface area (Å²) in [5.74, 6) is 1.34. The van der Waals surface area contributed by atoms with Crippen LogP contribution in [0.3, 0.4) is 0 Å². The van der Waals surface area contributed by atoms with Crippen molar-refractivity contribution >= 4 is 17.5 Å². The van der Waals surface area contributed by atoms with E-state index >= 15 is 0 Å². The largest absolute Gasteiger partial charge is 0.354 e. The van der Waals surface area contributed by atoms with Crippen molar-refractivity contribution in [1.82, 2.24) is 14.9 Å². The molecule has 1 aliphatic rings. The highest BCUT2D eigenvalue weighted by Gasteiger charge is 2.29. The Kier molecular flexibility index (Phi) is 6.96. The Morgan fingerprint density at radius 1 is 1.21 bits per heavy atom. The lowest BCUT2D eigenvalue weighted by molar-refractivity contribution is -0.124. The molecule has 3 heterocycles. The zero-order valence-electron chi connectivity index (χ0n) is 17.5. The first-order valence-corrected chi connectivity index (χ1v) is 10.3. The second-order valence-corrected chi connectivity index (χ2v) is 8.24. The molecule has 1 aliphatic heterocycles. The van der Waals surface area contributed by atoms with Crippen LogP contribution in [0.25, 0.3) is 0 Å². The summed E-state index contributed by atoms with van der Waals surface area (Å²) in [6.07, 6.45) is 5.75. The molecule has 1 saturated heterocycles. The first kappa shape index (κ1) is 21.0. The first-order chi connectivity index (χ1) is 13.9. The van der Waals surface area contributed by atoms with Gasteiger partial charge in [0.2, 0.25) is 0 Å². The molecule has 0 unspecified atom stereocenters. The van der Waals surface area contributed by atoms with Gasteiger partial charge in [0.05, 0.1) is 17.8 Å². The van der Waals surface area contributed by atoms with E-state index in [2.05, 4.69) is 23.8 Å². The summed E-state index contributed by atoms with van der Waals surface area (Å²) in [6, 6.07) is 9.51. The Bertz CT molecular complexity index is 821. The minimum atomic E-state index is -0.0431. The fourth-order valence-corrected chi connectivity index (χ4v) is 3.73. The van der Waals surface area contributed by atoms with Crippen molar-refractivity contribution in [3.63, 3.8) is 0 Å². The SMILES string of the molecule is CC(C)CC(=O)[C@@H]1CCCN(C(=O)c2ccc(N(C)Cc3ccccn3)nc2)C1. The maximum Gasteiger partial charge on any atom is 0.255 e. The summed E-state index contributed by atoms with van der Waals surface area (Å²) in [4.78, 5) is 37.9. The molecule has 0 bridgehead atoms. The number of likely N-dealkylation sites (tertiary alicyclic amines) is 1. The molecule has 6 nitrogen and oxygen atoms in total.